The number of benzene rings is 1. The first-order chi connectivity index (χ1) is 6.74. The first-order valence-electron chi connectivity index (χ1n) is 5.00. The lowest BCUT2D eigenvalue weighted by molar-refractivity contribution is 0.434. The largest absolute Gasteiger partial charge is 0.508 e. The highest BCUT2D eigenvalue weighted by Gasteiger charge is 2.18. The number of rotatable bonds is 1. The maximum atomic E-state index is 9.67. The summed E-state index contributed by atoms with van der Waals surface area (Å²) < 4.78 is 0. The molecule has 1 aliphatic heterocycles. The molecule has 1 aromatic carbocycles. The second kappa shape index (κ2) is 3.50. The molecule has 1 aromatic rings. The number of phenols is 2. The van der Waals surface area contributed by atoms with Crippen molar-refractivity contribution in [3.05, 3.63) is 22.8 Å². The van der Waals surface area contributed by atoms with Gasteiger partial charge in [0.2, 0.25) is 0 Å². The third-order valence-electron chi connectivity index (χ3n) is 2.83. The van der Waals surface area contributed by atoms with Gasteiger partial charge in [0.1, 0.15) is 11.5 Å². The van der Waals surface area contributed by atoms with E-state index in [1.165, 1.54) is 6.07 Å². The first-order valence-corrected chi connectivity index (χ1v) is 5.00. The van der Waals surface area contributed by atoms with Crippen molar-refractivity contribution in [2.45, 2.75) is 26.3 Å². The van der Waals surface area contributed by atoms with Crippen LogP contribution in [0.15, 0.2) is 6.07 Å². The molecule has 3 N–H and O–H groups in total. The zero-order chi connectivity index (χ0) is 10.1. The van der Waals surface area contributed by atoms with Crippen LogP contribution in [-0.2, 0) is 19.4 Å². The van der Waals surface area contributed by atoms with Crippen LogP contribution in [0.2, 0.25) is 0 Å². The Bertz CT molecular complexity index is 341. The number of hydrogen-bond acceptors (Lipinski definition) is 3. The van der Waals surface area contributed by atoms with Crippen molar-refractivity contribution in [2.24, 2.45) is 0 Å². The first kappa shape index (κ1) is 9.34. The Hall–Kier alpha value is -1.22. The molecule has 0 amide bonds. The van der Waals surface area contributed by atoms with Gasteiger partial charge < -0.3 is 15.5 Å². The van der Waals surface area contributed by atoms with Crippen molar-refractivity contribution >= 4 is 0 Å². The van der Waals surface area contributed by atoms with E-state index in [0.717, 1.165) is 36.1 Å². The van der Waals surface area contributed by atoms with Gasteiger partial charge in [0.15, 0.2) is 0 Å². The summed E-state index contributed by atoms with van der Waals surface area (Å²) in [6.07, 6.45) is 1.70. The smallest absolute Gasteiger partial charge is 0.124 e. The molecule has 0 saturated heterocycles. The summed E-state index contributed by atoms with van der Waals surface area (Å²) >= 11 is 0. The zero-order valence-electron chi connectivity index (χ0n) is 8.30. The molecule has 0 fully saturated rings. The predicted octanol–water partition coefficient (Wildman–Crippen LogP) is 1.31. The van der Waals surface area contributed by atoms with Crippen molar-refractivity contribution in [2.75, 3.05) is 6.54 Å². The number of aromatic hydroxyl groups is 2. The fourth-order valence-corrected chi connectivity index (χ4v) is 2.12. The molecule has 0 aliphatic carbocycles. The van der Waals surface area contributed by atoms with Crippen LogP contribution in [0.1, 0.15) is 23.6 Å². The van der Waals surface area contributed by atoms with E-state index in [1.54, 1.807) is 0 Å². The molecule has 0 aromatic heterocycles. The molecule has 0 atom stereocenters. The van der Waals surface area contributed by atoms with E-state index in [9.17, 15) is 10.2 Å². The Morgan fingerprint density at radius 1 is 1.29 bits per heavy atom. The van der Waals surface area contributed by atoms with Gasteiger partial charge in [-0.15, -0.1) is 0 Å². The molecule has 0 radical (unpaired) electrons. The highest BCUT2D eigenvalue weighted by molar-refractivity contribution is 5.52. The normalized spacial score (nSPS) is 15.2. The Labute approximate surface area is 83.4 Å². The van der Waals surface area contributed by atoms with Gasteiger partial charge in [-0.05, 0) is 30.5 Å². The minimum Gasteiger partial charge on any atom is -0.508 e. The molecule has 14 heavy (non-hydrogen) atoms. The molecule has 2 rings (SSSR count). The maximum absolute atomic E-state index is 9.67. The maximum Gasteiger partial charge on any atom is 0.124 e. The van der Waals surface area contributed by atoms with Gasteiger partial charge in [0.05, 0.1) is 0 Å². The summed E-state index contributed by atoms with van der Waals surface area (Å²) in [5.74, 6) is 0.438. The molecular weight excluding hydrogens is 178 g/mol. The molecule has 3 heteroatoms. The second-order valence-corrected chi connectivity index (χ2v) is 3.63. The van der Waals surface area contributed by atoms with Crippen LogP contribution in [0, 0.1) is 0 Å². The number of nitrogens with one attached hydrogen (secondary N) is 1. The van der Waals surface area contributed by atoms with Crippen molar-refractivity contribution in [1.82, 2.24) is 5.32 Å². The fourth-order valence-electron chi connectivity index (χ4n) is 2.12. The van der Waals surface area contributed by atoms with E-state index in [-0.39, 0.29) is 11.5 Å². The summed E-state index contributed by atoms with van der Waals surface area (Å²) in [5, 5.41) is 22.5. The second-order valence-electron chi connectivity index (χ2n) is 3.63. The minimum atomic E-state index is 0.210. The summed E-state index contributed by atoms with van der Waals surface area (Å²) in [4.78, 5) is 0. The molecule has 1 heterocycles. The van der Waals surface area contributed by atoms with Gasteiger partial charge in [0.25, 0.3) is 0 Å². The standard InChI is InChI=1S/C11H15NO2/c1-2-7-8-3-4-12-6-9(8)11(14)5-10(7)13/h5,12-14H,2-4,6H2,1H3. The molecule has 0 bridgehead atoms. The summed E-state index contributed by atoms with van der Waals surface area (Å²) in [6, 6.07) is 1.45. The fraction of sp³-hybridized carbons (Fsp3) is 0.455. The lowest BCUT2D eigenvalue weighted by Crippen LogP contribution is -2.24. The van der Waals surface area contributed by atoms with Gasteiger partial charge in [-0.1, -0.05) is 6.92 Å². The van der Waals surface area contributed by atoms with Crippen LogP contribution in [0.5, 0.6) is 11.5 Å². The topological polar surface area (TPSA) is 52.5 Å². The lowest BCUT2D eigenvalue weighted by Gasteiger charge is -2.21. The van der Waals surface area contributed by atoms with E-state index >= 15 is 0 Å². The Morgan fingerprint density at radius 2 is 2.07 bits per heavy atom. The van der Waals surface area contributed by atoms with Gasteiger partial charge in [-0.3, -0.25) is 0 Å². The van der Waals surface area contributed by atoms with E-state index in [1.807, 2.05) is 6.92 Å². The third-order valence-corrected chi connectivity index (χ3v) is 2.83. The highest BCUT2D eigenvalue weighted by Crippen LogP contribution is 2.34. The Balaban J connectivity index is 2.61. The van der Waals surface area contributed by atoms with E-state index in [0.29, 0.717) is 6.54 Å². The monoisotopic (exact) mass is 193 g/mol. The minimum absolute atomic E-state index is 0.210. The SMILES string of the molecule is CCc1c(O)cc(O)c2c1CCNC2. The number of hydrogen-bond donors (Lipinski definition) is 3. The zero-order valence-corrected chi connectivity index (χ0v) is 8.30. The van der Waals surface area contributed by atoms with Gasteiger partial charge in [-0.25, -0.2) is 0 Å². The van der Waals surface area contributed by atoms with Crippen LogP contribution in [0.25, 0.3) is 0 Å². The molecule has 3 nitrogen and oxygen atoms in total. The number of fused-ring (bicyclic) bond motifs is 1. The van der Waals surface area contributed by atoms with Crippen LogP contribution in [0.3, 0.4) is 0 Å². The Kier molecular flexibility index (Phi) is 2.33. The molecule has 76 valence electrons. The molecule has 1 aliphatic rings. The average molecular weight is 193 g/mol. The Morgan fingerprint density at radius 3 is 2.79 bits per heavy atom. The lowest BCUT2D eigenvalue weighted by atomic mass is 9.92. The molecule has 0 unspecified atom stereocenters. The van der Waals surface area contributed by atoms with Crippen molar-refractivity contribution in [1.29, 1.82) is 0 Å². The molecule has 0 saturated carbocycles. The van der Waals surface area contributed by atoms with E-state index < -0.39 is 0 Å². The van der Waals surface area contributed by atoms with Crippen LogP contribution < -0.4 is 5.32 Å². The highest BCUT2D eigenvalue weighted by atomic mass is 16.3. The van der Waals surface area contributed by atoms with E-state index in [2.05, 4.69) is 5.32 Å². The van der Waals surface area contributed by atoms with Crippen molar-refractivity contribution in [3.63, 3.8) is 0 Å². The van der Waals surface area contributed by atoms with Gasteiger partial charge in [0, 0.05) is 18.2 Å². The summed E-state index contributed by atoms with van der Waals surface area (Å²) in [6.45, 7) is 3.64. The van der Waals surface area contributed by atoms with Crippen LogP contribution >= 0.6 is 0 Å². The number of phenolic OH excluding ortho intramolecular Hbond substituents is 2. The van der Waals surface area contributed by atoms with Crippen molar-refractivity contribution < 1.29 is 10.2 Å². The molecule has 0 spiro atoms. The molecular formula is C11H15NO2. The third kappa shape index (κ3) is 1.34. The van der Waals surface area contributed by atoms with Gasteiger partial charge >= 0.3 is 0 Å². The quantitative estimate of drug-likeness (QED) is 0.630. The van der Waals surface area contributed by atoms with Gasteiger partial charge in [-0.2, -0.15) is 0 Å². The summed E-state index contributed by atoms with van der Waals surface area (Å²) in [5.41, 5.74) is 3.06. The van der Waals surface area contributed by atoms with Crippen LogP contribution in [0.4, 0.5) is 0 Å². The summed E-state index contributed by atoms with van der Waals surface area (Å²) in [7, 11) is 0. The van der Waals surface area contributed by atoms with E-state index in [4.69, 9.17) is 0 Å². The van der Waals surface area contributed by atoms with Crippen LogP contribution in [-0.4, -0.2) is 16.8 Å². The van der Waals surface area contributed by atoms with Crippen molar-refractivity contribution in [3.8, 4) is 11.5 Å². The predicted molar refractivity (Wildman–Crippen MR) is 54.6 cm³/mol. The average Bonchev–Trinajstić information content (AvgIpc) is 2.18.